The van der Waals surface area contributed by atoms with Gasteiger partial charge in [-0.25, -0.2) is 9.97 Å². The molecule has 1 aromatic carbocycles. The van der Waals surface area contributed by atoms with Crippen molar-refractivity contribution in [1.82, 2.24) is 19.5 Å². The van der Waals surface area contributed by atoms with E-state index in [1.165, 1.54) is 5.56 Å². The quantitative estimate of drug-likeness (QED) is 0.733. The number of hydrogen-bond acceptors (Lipinski definition) is 3. The second kappa shape index (κ2) is 6.84. The molecule has 24 heavy (non-hydrogen) atoms. The summed E-state index contributed by atoms with van der Waals surface area (Å²) < 4.78 is 1.91. The van der Waals surface area contributed by atoms with Gasteiger partial charge in [-0.3, -0.25) is 0 Å². The maximum Gasteiger partial charge on any atom is 0.110 e. The fourth-order valence-corrected chi connectivity index (χ4v) is 2.53. The van der Waals surface area contributed by atoms with Crippen LogP contribution in [0, 0.1) is 0 Å². The molecule has 0 fully saturated rings. The van der Waals surface area contributed by atoms with Gasteiger partial charge in [0, 0.05) is 31.2 Å². The molecule has 2 heterocycles. The first-order valence-corrected chi connectivity index (χ1v) is 7.97. The fourth-order valence-electron chi connectivity index (χ4n) is 2.53. The molecule has 0 bridgehead atoms. The third kappa shape index (κ3) is 3.63. The Morgan fingerprint density at radius 1 is 1.25 bits per heavy atom. The molecule has 0 saturated carbocycles. The number of benzene rings is 1. The largest absolute Gasteiger partial charge is 0.387 e. The van der Waals surface area contributed by atoms with E-state index in [2.05, 4.69) is 27.1 Å². The van der Waals surface area contributed by atoms with E-state index in [0.717, 1.165) is 17.8 Å². The second-order valence-electron chi connectivity index (χ2n) is 6.38. The lowest BCUT2D eigenvalue weighted by Gasteiger charge is -2.30. The molecule has 5 nitrogen and oxygen atoms in total. The maximum absolute atomic E-state index is 10.5. The van der Waals surface area contributed by atoms with Gasteiger partial charge in [0.15, 0.2) is 0 Å². The normalized spacial score (nSPS) is 13.5. The Kier molecular flexibility index (Phi) is 4.62. The SMILES string of the molecule is CC(C)(C(O)/C=C/c1ccc(Cc2ncc[nH]2)cc1)n1ccnc1. The number of H-pyrrole nitrogens is 1. The summed E-state index contributed by atoms with van der Waals surface area (Å²) in [5.41, 5.74) is 1.80. The van der Waals surface area contributed by atoms with Crippen LogP contribution >= 0.6 is 0 Å². The molecule has 3 rings (SSSR count). The van der Waals surface area contributed by atoms with Gasteiger partial charge in [-0.1, -0.05) is 36.4 Å². The van der Waals surface area contributed by atoms with Crippen LogP contribution in [-0.2, 0) is 12.0 Å². The van der Waals surface area contributed by atoms with E-state index >= 15 is 0 Å². The zero-order valence-electron chi connectivity index (χ0n) is 13.9. The minimum Gasteiger partial charge on any atom is -0.387 e. The van der Waals surface area contributed by atoms with E-state index in [-0.39, 0.29) is 0 Å². The predicted octanol–water partition coefficient (Wildman–Crippen LogP) is 3.01. The summed E-state index contributed by atoms with van der Waals surface area (Å²) in [5.74, 6) is 0.954. The van der Waals surface area contributed by atoms with E-state index in [9.17, 15) is 5.11 Å². The summed E-state index contributed by atoms with van der Waals surface area (Å²) in [6, 6.07) is 8.25. The topological polar surface area (TPSA) is 66.7 Å². The van der Waals surface area contributed by atoms with Crippen molar-refractivity contribution in [2.24, 2.45) is 0 Å². The highest BCUT2D eigenvalue weighted by Gasteiger charge is 2.27. The van der Waals surface area contributed by atoms with E-state index in [1.807, 2.05) is 55.1 Å². The number of hydrogen-bond donors (Lipinski definition) is 2. The van der Waals surface area contributed by atoms with Crippen LogP contribution in [0.2, 0.25) is 0 Å². The van der Waals surface area contributed by atoms with Crippen LogP contribution in [-0.4, -0.2) is 30.7 Å². The first kappa shape index (κ1) is 16.2. The average molecular weight is 322 g/mol. The minimum absolute atomic E-state index is 0.452. The van der Waals surface area contributed by atoms with Crippen LogP contribution in [0.3, 0.4) is 0 Å². The fraction of sp³-hybridized carbons (Fsp3) is 0.263. The molecule has 2 N–H and O–H groups in total. The molecule has 0 saturated heterocycles. The number of aliphatic hydroxyl groups excluding tert-OH is 1. The molecule has 0 aliphatic carbocycles. The molecule has 0 amide bonds. The predicted molar refractivity (Wildman–Crippen MR) is 94.4 cm³/mol. The van der Waals surface area contributed by atoms with E-state index < -0.39 is 11.6 Å². The monoisotopic (exact) mass is 322 g/mol. The highest BCUT2D eigenvalue weighted by atomic mass is 16.3. The lowest BCUT2D eigenvalue weighted by atomic mass is 9.96. The van der Waals surface area contributed by atoms with Gasteiger partial charge < -0.3 is 14.7 Å². The Morgan fingerprint density at radius 3 is 2.67 bits per heavy atom. The van der Waals surface area contributed by atoms with Gasteiger partial charge in [-0.15, -0.1) is 0 Å². The molecule has 0 aliphatic rings. The van der Waals surface area contributed by atoms with Crippen molar-refractivity contribution in [2.45, 2.75) is 31.9 Å². The number of aromatic amines is 1. The third-order valence-electron chi connectivity index (χ3n) is 4.27. The number of aliphatic hydroxyl groups is 1. The lowest BCUT2D eigenvalue weighted by Crippen LogP contribution is -2.37. The number of imidazole rings is 2. The molecular weight excluding hydrogens is 300 g/mol. The summed E-state index contributed by atoms with van der Waals surface area (Å²) in [5, 5.41) is 10.5. The molecule has 3 aromatic rings. The van der Waals surface area contributed by atoms with Gasteiger partial charge in [0.25, 0.3) is 0 Å². The van der Waals surface area contributed by atoms with Gasteiger partial charge in [0.1, 0.15) is 5.82 Å². The molecule has 0 aliphatic heterocycles. The highest BCUT2D eigenvalue weighted by molar-refractivity contribution is 5.50. The van der Waals surface area contributed by atoms with Crippen molar-refractivity contribution in [3.8, 4) is 0 Å². The number of nitrogens with zero attached hydrogens (tertiary/aromatic N) is 3. The van der Waals surface area contributed by atoms with Gasteiger partial charge in [0.05, 0.1) is 18.0 Å². The van der Waals surface area contributed by atoms with E-state index in [4.69, 9.17) is 0 Å². The van der Waals surface area contributed by atoms with Crippen molar-refractivity contribution in [2.75, 3.05) is 0 Å². The number of nitrogens with one attached hydrogen (secondary N) is 1. The summed E-state index contributed by atoms with van der Waals surface area (Å²) in [4.78, 5) is 11.4. The van der Waals surface area contributed by atoms with Crippen LogP contribution in [0.25, 0.3) is 6.08 Å². The molecule has 1 atom stereocenters. The van der Waals surface area contributed by atoms with E-state index in [1.54, 1.807) is 18.7 Å². The molecular formula is C19H22N4O. The van der Waals surface area contributed by atoms with Crippen LogP contribution in [0.5, 0.6) is 0 Å². The zero-order chi connectivity index (χ0) is 17.0. The van der Waals surface area contributed by atoms with Crippen LogP contribution in [0.15, 0.2) is 61.5 Å². The van der Waals surface area contributed by atoms with Crippen LogP contribution in [0.4, 0.5) is 0 Å². The first-order chi connectivity index (χ1) is 11.6. The van der Waals surface area contributed by atoms with Crippen molar-refractivity contribution >= 4 is 6.08 Å². The standard InChI is InChI=1S/C19H22N4O/c1-19(2,23-12-11-20-14-23)17(24)8-7-15-3-5-16(6-4-15)13-18-21-9-10-22-18/h3-12,14,17,24H,13H2,1-2H3,(H,21,22)/b8-7+. The smallest absolute Gasteiger partial charge is 0.110 e. The van der Waals surface area contributed by atoms with Gasteiger partial charge in [-0.05, 0) is 25.0 Å². The zero-order valence-corrected chi connectivity index (χ0v) is 13.9. The van der Waals surface area contributed by atoms with Gasteiger partial charge >= 0.3 is 0 Å². The highest BCUT2D eigenvalue weighted by Crippen LogP contribution is 2.21. The van der Waals surface area contributed by atoms with Crippen LogP contribution in [0.1, 0.15) is 30.8 Å². The summed E-state index contributed by atoms with van der Waals surface area (Å²) in [6.07, 6.45) is 12.8. The molecule has 0 radical (unpaired) electrons. The lowest BCUT2D eigenvalue weighted by molar-refractivity contribution is 0.0978. The third-order valence-corrected chi connectivity index (χ3v) is 4.27. The Balaban J connectivity index is 1.66. The summed E-state index contributed by atoms with van der Waals surface area (Å²) >= 11 is 0. The first-order valence-electron chi connectivity index (χ1n) is 7.97. The van der Waals surface area contributed by atoms with Gasteiger partial charge in [0.2, 0.25) is 0 Å². The minimum atomic E-state index is -0.616. The number of aromatic nitrogens is 4. The second-order valence-corrected chi connectivity index (χ2v) is 6.38. The number of rotatable bonds is 6. The molecule has 5 heteroatoms. The van der Waals surface area contributed by atoms with Crippen molar-refractivity contribution in [3.63, 3.8) is 0 Å². The van der Waals surface area contributed by atoms with Crippen LogP contribution < -0.4 is 0 Å². The maximum atomic E-state index is 10.5. The van der Waals surface area contributed by atoms with Crippen molar-refractivity contribution in [1.29, 1.82) is 0 Å². The Hall–Kier alpha value is -2.66. The average Bonchev–Trinajstić information content (AvgIpc) is 3.27. The molecule has 0 spiro atoms. The summed E-state index contributed by atoms with van der Waals surface area (Å²) in [6.45, 7) is 3.96. The Labute approximate surface area is 141 Å². The van der Waals surface area contributed by atoms with Crippen molar-refractivity contribution < 1.29 is 5.11 Å². The van der Waals surface area contributed by atoms with Gasteiger partial charge in [-0.2, -0.15) is 0 Å². The van der Waals surface area contributed by atoms with E-state index in [0.29, 0.717) is 0 Å². The molecule has 124 valence electrons. The molecule has 1 unspecified atom stereocenters. The Morgan fingerprint density at radius 2 is 2.04 bits per heavy atom. The van der Waals surface area contributed by atoms with Crippen molar-refractivity contribution in [3.05, 3.63) is 78.4 Å². The Bertz CT molecular complexity index is 771. The molecule has 2 aromatic heterocycles. The summed E-state index contributed by atoms with van der Waals surface area (Å²) in [7, 11) is 0.